The third-order valence-electron chi connectivity index (χ3n) is 3.25. The van der Waals surface area contributed by atoms with Crippen LogP contribution < -0.4 is 15.6 Å². The van der Waals surface area contributed by atoms with E-state index in [-0.39, 0.29) is 11.1 Å². The van der Waals surface area contributed by atoms with Crippen LogP contribution in [0, 0.1) is 0 Å². The third kappa shape index (κ3) is 3.55. The van der Waals surface area contributed by atoms with E-state index in [1.54, 1.807) is 6.20 Å². The van der Waals surface area contributed by atoms with E-state index < -0.39 is 5.56 Å². The molecule has 0 spiro atoms. The van der Waals surface area contributed by atoms with Gasteiger partial charge in [-0.15, -0.1) is 0 Å². The molecule has 0 aliphatic carbocycles. The first-order chi connectivity index (χ1) is 10.7. The van der Waals surface area contributed by atoms with Gasteiger partial charge < -0.3 is 14.8 Å². The Morgan fingerprint density at radius 3 is 3.27 bits per heavy atom. The number of H-pyrrole nitrogens is 1. The molecule has 3 rings (SSSR count). The Kier molecular flexibility index (Phi) is 4.55. The van der Waals surface area contributed by atoms with Crippen LogP contribution in [0.25, 0.3) is 0 Å². The lowest BCUT2D eigenvalue weighted by Crippen LogP contribution is -2.16. The molecule has 3 heterocycles. The SMILES string of the molecule is O=c1[nH]ncc(NCc2ccnc(OC3CCOC3)c2)c1Cl. The van der Waals surface area contributed by atoms with E-state index >= 15 is 0 Å². The van der Waals surface area contributed by atoms with Crippen molar-refractivity contribution in [2.45, 2.75) is 19.1 Å². The van der Waals surface area contributed by atoms with E-state index in [1.807, 2.05) is 12.1 Å². The van der Waals surface area contributed by atoms with Crippen LogP contribution in [0.5, 0.6) is 5.88 Å². The predicted molar refractivity (Wildman–Crippen MR) is 81.3 cm³/mol. The van der Waals surface area contributed by atoms with Crippen molar-refractivity contribution >= 4 is 17.3 Å². The second kappa shape index (κ2) is 6.76. The van der Waals surface area contributed by atoms with Crippen molar-refractivity contribution in [3.05, 3.63) is 45.5 Å². The van der Waals surface area contributed by atoms with Gasteiger partial charge in [0.1, 0.15) is 11.1 Å². The molecule has 0 radical (unpaired) electrons. The number of rotatable bonds is 5. The van der Waals surface area contributed by atoms with Crippen molar-refractivity contribution in [3.63, 3.8) is 0 Å². The maximum atomic E-state index is 11.4. The lowest BCUT2D eigenvalue weighted by atomic mass is 10.2. The Balaban J connectivity index is 1.65. The summed E-state index contributed by atoms with van der Waals surface area (Å²) in [5.41, 5.74) is 1.01. The maximum absolute atomic E-state index is 11.4. The van der Waals surface area contributed by atoms with Gasteiger partial charge in [0.25, 0.3) is 5.56 Å². The Hall–Kier alpha value is -2.12. The Bertz CT molecular complexity index is 700. The summed E-state index contributed by atoms with van der Waals surface area (Å²) in [4.78, 5) is 15.6. The lowest BCUT2D eigenvalue weighted by molar-refractivity contribution is 0.138. The molecule has 2 N–H and O–H groups in total. The quantitative estimate of drug-likeness (QED) is 0.869. The number of pyridine rings is 1. The van der Waals surface area contributed by atoms with Gasteiger partial charge in [-0.05, 0) is 11.6 Å². The molecule has 0 aromatic carbocycles. The van der Waals surface area contributed by atoms with Crippen LogP contribution in [-0.4, -0.2) is 34.5 Å². The molecule has 1 aliphatic heterocycles. The fourth-order valence-corrected chi connectivity index (χ4v) is 2.26. The molecule has 1 atom stereocenters. The largest absolute Gasteiger partial charge is 0.472 e. The molecule has 7 nitrogen and oxygen atoms in total. The van der Waals surface area contributed by atoms with E-state index in [1.165, 1.54) is 6.20 Å². The number of nitrogens with zero attached hydrogens (tertiary/aromatic N) is 2. The molecule has 116 valence electrons. The van der Waals surface area contributed by atoms with E-state index in [4.69, 9.17) is 21.1 Å². The normalized spacial score (nSPS) is 17.4. The number of hydrogen-bond acceptors (Lipinski definition) is 6. The first-order valence-electron chi connectivity index (χ1n) is 6.89. The average molecular weight is 323 g/mol. The average Bonchev–Trinajstić information content (AvgIpc) is 3.02. The van der Waals surface area contributed by atoms with Gasteiger partial charge in [-0.1, -0.05) is 11.6 Å². The highest BCUT2D eigenvalue weighted by atomic mass is 35.5. The van der Waals surface area contributed by atoms with Gasteiger partial charge in [-0.2, -0.15) is 5.10 Å². The zero-order valence-corrected chi connectivity index (χ0v) is 12.5. The number of anilines is 1. The van der Waals surface area contributed by atoms with Crippen LogP contribution in [-0.2, 0) is 11.3 Å². The topological polar surface area (TPSA) is 89.1 Å². The smallest absolute Gasteiger partial charge is 0.285 e. The monoisotopic (exact) mass is 322 g/mol. The number of nitrogens with one attached hydrogen (secondary N) is 2. The molecule has 1 unspecified atom stereocenters. The maximum Gasteiger partial charge on any atom is 0.285 e. The summed E-state index contributed by atoms with van der Waals surface area (Å²) in [7, 11) is 0. The zero-order chi connectivity index (χ0) is 15.4. The number of halogens is 1. The molecular formula is C14H15ClN4O3. The second-order valence-corrected chi connectivity index (χ2v) is 5.26. The van der Waals surface area contributed by atoms with Crippen molar-refractivity contribution in [1.82, 2.24) is 15.2 Å². The molecule has 0 amide bonds. The number of aromatic amines is 1. The number of aromatic nitrogens is 3. The summed E-state index contributed by atoms with van der Waals surface area (Å²) >= 11 is 5.91. The molecule has 1 saturated heterocycles. The van der Waals surface area contributed by atoms with Gasteiger partial charge in [0.05, 0.1) is 25.1 Å². The van der Waals surface area contributed by atoms with Crippen LogP contribution in [0.15, 0.2) is 29.3 Å². The van der Waals surface area contributed by atoms with Gasteiger partial charge in [-0.3, -0.25) is 4.79 Å². The molecular weight excluding hydrogens is 308 g/mol. The highest BCUT2D eigenvalue weighted by molar-refractivity contribution is 6.32. The summed E-state index contributed by atoms with van der Waals surface area (Å²) in [5.74, 6) is 0.560. The standard InChI is InChI=1S/C14H15ClN4O3/c15-13-11(7-18-19-14(13)20)17-6-9-1-3-16-12(5-9)22-10-2-4-21-8-10/h1,3,5,7,10H,2,4,6,8H2,(H2,17,19,20). The number of ether oxygens (including phenoxy) is 2. The zero-order valence-electron chi connectivity index (χ0n) is 11.7. The van der Waals surface area contributed by atoms with E-state index in [0.29, 0.717) is 24.7 Å². The van der Waals surface area contributed by atoms with Gasteiger partial charge in [-0.25, -0.2) is 10.1 Å². The minimum absolute atomic E-state index is 0.0574. The minimum atomic E-state index is -0.424. The third-order valence-corrected chi connectivity index (χ3v) is 3.63. The Morgan fingerprint density at radius 1 is 1.55 bits per heavy atom. The molecule has 0 bridgehead atoms. The molecule has 22 heavy (non-hydrogen) atoms. The molecule has 1 aliphatic rings. The fourth-order valence-electron chi connectivity index (χ4n) is 2.11. The Morgan fingerprint density at radius 2 is 2.45 bits per heavy atom. The van der Waals surface area contributed by atoms with Crippen LogP contribution in [0.3, 0.4) is 0 Å². The van der Waals surface area contributed by atoms with E-state index in [2.05, 4.69) is 20.5 Å². The number of hydrogen-bond donors (Lipinski definition) is 2. The van der Waals surface area contributed by atoms with E-state index in [0.717, 1.165) is 18.6 Å². The first-order valence-corrected chi connectivity index (χ1v) is 7.26. The van der Waals surface area contributed by atoms with Gasteiger partial charge in [0, 0.05) is 25.2 Å². The van der Waals surface area contributed by atoms with Crippen molar-refractivity contribution in [2.75, 3.05) is 18.5 Å². The molecule has 2 aromatic rings. The molecule has 0 saturated carbocycles. The van der Waals surface area contributed by atoms with Crippen molar-refractivity contribution in [3.8, 4) is 5.88 Å². The Labute approximate surface area is 131 Å². The summed E-state index contributed by atoms with van der Waals surface area (Å²) < 4.78 is 11.0. The van der Waals surface area contributed by atoms with Crippen molar-refractivity contribution in [1.29, 1.82) is 0 Å². The van der Waals surface area contributed by atoms with Crippen molar-refractivity contribution in [2.24, 2.45) is 0 Å². The van der Waals surface area contributed by atoms with Crippen LogP contribution in [0.4, 0.5) is 5.69 Å². The molecule has 8 heteroatoms. The van der Waals surface area contributed by atoms with Crippen LogP contribution in [0.2, 0.25) is 5.02 Å². The lowest BCUT2D eigenvalue weighted by Gasteiger charge is -2.12. The summed E-state index contributed by atoms with van der Waals surface area (Å²) in [6, 6.07) is 3.71. The predicted octanol–water partition coefficient (Wildman–Crippen LogP) is 1.60. The fraction of sp³-hybridized carbons (Fsp3) is 0.357. The van der Waals surface area contributed by atoms with Crippen LogP contribution >= 0.6 is 11.6 Å². The highest BCUT2D eigenvalue weighted by Crippen LogP contribution is 2.18. The molecule has 2 aromatic heterocycles. The summed E-state index contributed by atoms with van der Waals surface area (Å²) in [6.45, 7) is 1.79. The van der Waals surface area contributed by atoms with E-state index in [9.17, 15) is 4.79 Å². The second-order valence-electron chi connectivity index (χ2n) is 4.89. The highest BCUT2D eigenvalue weighted by Gasteiger charge is 2.17. The van der Waals surface area contributed by atoms with Gasteiger partial charge in [0.2, 0.25) is 5.88 Å². The van der Waals surface area contributed by atoms with Crippen molar-refractivity contribution < 1.29 is 9.47 Å². The van der Waals surface area contributed by atoms with Gasteiger partial charge >= 0.3 is 0 Å². The summed E-state index contributed by atoms with van der Waals surface area (Å²) in [5, 5.41) is 9.13. The molecule has 1 fully saturated rings. The van der Waals surface area contributed by atoms with Gasteiger partial charge in [0.15, 0.2) is 0 Å². The minimum Gasteiger partial charge on any atom is -0.472 e. The summed E-state index contributed by atoms with van der Waals surface area (Å²) in [6.07, 6.45) is 4.08. The van der Waals surface area contributed by atoms with Crippen LogP contribution in [0.1, 0.15) is 12.0 Å². The first kappa shape index (κ1) is 14.8.